The zero-order chi connectivity index (χ0) is 29.3. The van der Waals surface area contributed by atoms with Gasteiger partial charge in [0.2, 0.25) is 11.8 Å². The van der Waals surface area contributed by atoms with Crippen LogP contribution in [0.1, 0.15) is 112 Å². The van der Waals surface area contributed by atoms with E-state index in [0.29, 0.717) is 18.4 Å². The molecule has 0 aromatic heterocycles. The highest BCUT2D eigenvalue weighted by atomic mass is 16.6. The van der Waals surface area contributed by atoms with Crippen LogP contribution in [0, 0.1) is 5.92 Å². The van der Waals surface area contributed by atoms with Gasteiger partial charge < -0.3 is 20.3 Å². The summed E-state index contributed by atoms with van der Waals surface area (Å²) < 4.78 is 5.48. The van der Waals surface area contributed by atoms with Crippen LogP contribution in [-0.4, -0.2) is 46.0 Å². The molecule has 214 valence electrons. The fourth-order valence-electron chi connectivity index (χ4n) is 4.36. The Morgan fingerprint density at radius 2 is 1.68 bits per heavy atom. The predicted molar refractivity (Wildman–Crippen MR) is 156 cm³/mol. The molecule has 0 radical (unpaired) electrons. The van der Waals surface area contributed by atoms with Crippen LogP contribution < -0.4 is 10.6 Å². The maximum atomic E-state index is 14.4. The maximum absolute atomic E-state index is 14.4. The van der Waals surface area contributed by atoms with Crippen molar-refractivity contribution in [2.45, 2.75) is 124 Å². The molecule has 1 rings (SSSR count). The molecule has 0 heterocycles. The number of hydrogen-bond donors (Lipinski definition) is 2. The van der Waals surface area contributed by atoms with Crippen molar-refractivity contribution in [2.24, 2.45) is 5.92 Å². The molecule has 3 atom stereocenters. The van der Waals surface area contributed by atoms with Gasteiger partial charge in [-0.25, -0.2) is 4.79 Å². The van der Waals surface area contributed by atoms with Crippen LogP contribution >= 0.6 is 0 Å². The Morgan fingerprint density at radius 3 is 2.18 bits per heavy atom. The first-order valence-corrected chi connectivity index (χ1v) is 13.9. The van der Waals surface area contributed by atoms with Crippen molar-refractivity contribution < 1.29 is 19.1 Å². The van der Waals surface area contributed by atoms with Crippen molar-refractivity contribution in [3.8, 4) is 0 Å². The molecule has 1 aromatic carbocycles. The second-order valence-electron chi connectivity index (χ2n) is 12.2. The summed E-state index contributed by atoms with van der Waals surface area (Å²) in [6.07, 6.45) is 3.83. The van der Waals surface area contributed by atoms with Crippen molar-refractivity contribution in [3.05, 3.63) is 42.0 Å². The van der Waals surface area contributed by atoms with Gasteiger partial charge in [-0.3, -0.25) is 9.59 Å². The molecular formula is C31H51N3O4. The van der Waals surface area contributed by atoms with E-state index in [0.717, 1.165) is 18.4 Å². The molecule has 38 heavy (non-hydrogen) atoms. The van der Waals surface area contributed by atoms with E-state index in [4.69, 9.17) is 4.74 Å². The summed E-state index contributed by atoms with van der Waals surface area (Å²) in [4.78, 5) is 42.8. The molecule has 0 bridgehead atoms. The van der Waals surface area contributed by atoms with Gasteiger partial charge in [0.05, 0.1) is 0 Å². The van der Waals surface area contributed by atoms with E-state index in [1.807, 2.05) is 65.8 Å². The summed E-state index contributed by atoms with van der Waals surface area (Å²) in [6.45, 7) is 23.2. The van der Waals surface area contributed by atoms with Crippen LogP contribution in [0.15, 0.2) is 30.8 Å². The molecule has 1 aromatic rings. The highest BCUT2D eigenvalue weighted by molar-refractivity contribution is 5.93. The number of rotatable bonds is 13. The van der Waals surface area contributed by atoms with E-state index in [2.05, 4.69) is 24.1 Å². The first-order chi connectivity index (χ1) is 17.6. The first kappa shape index (κ1) is 33.2. The number of ether oxygens (including phenoxy) is 1. The van der Waals surface area contributed by atoms with Crippen molar-refractivity contribution in [1.82, 2.24) is 15.5 Å². The van der Waals surface area contributed by atoms with Gasteiger partial charge in [-0.05, 0) is 83.9 Å². The van der Waals surface area contributed by atoms with E-state index < -0.39 is 29.3 Å². The van der Waals surface area contributed by atoms with Gasteiger partial charge in [-0.2, -0.15) is 0 Å². The molecule has 0 aliphatic heterocycles. The third-order valence-corrected chi connectivity index (χ3v) is 6.53. The smallest absolute Gasteiger partial charge is 0.408 e. The van der Waals surface area contributed by atoms with Crippen LogP contribution in [-0.2, 0) is 14.3 Å². The second kappa shape index (κ2) is 14.4. The molecule has 2 N–H and O–H groups in total. The highest BCUT2D eigenvalue weighted by Gasteiger charge is 2.43. The van der Waals surface area contributed by atoms with Crippen molar-refractivity contribution in [3.63, 3.8) is 0 Å². The molecule has 0 aliphatic rings. The normalized spacial score (nSPS) is 14.3. The SMILES string of the molecule is C=Cc1cccc(C(C(=O)NC(C)CCC)N(C(=O)C(CC(C)C)NC(=O)OC(C)(C)C)C(C)(C)CC)c1. The summed E-state index contributed by atoms with van der Waals surface area (Å²) >= 11 is 0. The maximum Gasteiger partial charge on any atom is 0.408 e. The molecule has 0 saturated carbocycles. The number of amides is 3. The Kier molecular flexibility index (Phi) is 12.5. The van der Waals surface area contributed by atoms with Crippen molar-refractivity contribution in [2.75, 3.05) is 0 Å². The largest absolute Gasteiger partial charge is 0.444 e. The van der Waals surface area contributed by atoms with E-state index in [9.17, 15) is 14.4 Å². The average Bonchev–Trinajstić information content (AvgIpc) is 2.79. The Morgan fingerprint density at radius 1 is 1.05 bits per heavy atom. The van der Waals surface area contributed by atoms with Crippen LogP contribution in [0.25, 0.3) is 6.08 Å². The van der Waals surface area contributed by atoms with E-state index in [1.165, 1.54) is 0 Å². The molecular weight excluding hydrogens is 478 g/mol. The lowest BCUT2D eigenvalue weighted by molar-refractivity contribution is -0.150. The predicted octanol–water partition coefficient (Wildman–Crippen LogP) is 6.63. The Labute approximate surface area is 230 Å². The van der Waals surface area contributed by atoms with E-state index in [-0.39, 0.29) is 23.8 Å². The minimum absolute atomic E-state index is 0.0503. The van der Waals surface area contributed by atoms with Crippen LogP contribution in [0.2, 0.25) is 0 Å². The molecule has 3 unspecified atom stereocenters. The Hall–Kier alpha value is -2.83. The summed E-state index contributed by atoms with van der Waals surface area (Å²) in [5.74, 6) is -0.447. The van der Waals surface area contributed by atoms with Gasteiger partial charge in [0.25, 0.3) is 0 Å². The standard InChI is InChI=1S/C31H51N3O4/c1-12-16-22(6)32-27(35)26(24-18-15-17-23(13-2)20-24)34(31(10,11)14-3)28(36)25(19-21(4)5)33-29(37)38-30(7,8)9/h13,15,17-18,20-22,25-26H,2,12,14,16,19H2,1,3-11H3,(H,32,35)(H,33,37). The lowest BCUT2D eigenvalue weighted by Crippen LogP contribution is -2.60. The number of nitrogens with zero attached hydrogens (tertiary/aromatic N) is 1. The number of alkyl carbamates (subject to hydrolysis) is 1. The van der Waals surface area contributed by atoms with Gasteiger partial charge >= 0.3 is 6.09 Å². The van der Waals surface area contributed by atoms with Crippen LogP contribution in [0.4, 0.5) is 4.79 Å². The average molecular weight is 530 g/mol. The summed E-state index contributed by atoms with van der Waals surface area (Å²) in [6, 6.07) is 5.74. The minimum Gasteiger partial charge on any atom is -0.444 e. The third-order valence-electron chi connectivity index (χ3n) is 6.53. The van der Waals surface area contributed by atoms with Gasteiger partial charge in [0, 0.05) is 11.6 Å². The lowest BCUT2D eigenvalue weighted by Gasteiger charge is -2.45. The number of carbonyl (C=O) groups is 3. The number of carbonyl (C=O) groups excluding carboxylic acids is 3. The third kappa shape index (κ3) is 10.1. The fraction of sp³-hybridized carbons (Fsp3) is 0.645. The second-order valence-corrected chi connectivity index (χ2v) is 12.2. The van der Waals surface area contributed by atoms with Gasteiger partial charge in [-0.1, -0.05) is 65.0 Å². The quantitative estimate of drug-likeness (QED) is 0.300. The zero-order valence-electron chi connectivity index (χ0n) is 25.3. The van der Waals surface area contributed by atoms with Crippen molar-refractivity contribution >= 4 is 24.0 Å². The summed E-state index contributed by atoms with van der Waals surface area (Å²) in [5, 5.41) is 5.94. The topological polar surface area (TPSA) is 87.7 Å². The fourth-order valence-corrected chi connectivity index (χ4v) is 4.36. The van der Waals surface area contributed by atoms with Crippen LogP contribution in [0.5, 0.6) is 0 Å². The number of nitrogens with one attached hydrogen (secondary N) is 2. The van der Waals surface area contributed by atoms with E-state index in [1.54, 1.807) is 31.7 Å². The number of hydrogen-bond acceptors (Lipinski definition) is 4. The molecule has 0 spiro atoms. The minimum atomic E-state index is -0.897. The monoisotopic (exact) mass is 529 g/mol. The molecule has 0 aliphatic carbocycles. The molecule has 0 fully saturated rings. The van der Waals surface area contributed by atoms with E-state index >= 15 is 0 Å². The Balaban J connectivity index is 3.70. The van der Waals surface area contributed by atoms with Gasteiger partial charge in [0.1, 0.15) is 17.7 Å². The summed E-state index contributed by atoms with van der Waals surface area (Å²) in [5.41, 5.74) is 0.149. The molecule has 0 saturated heterocycles. The zero-order valence-corrected chi connectivity index (χ0v) is 25.3. The Bertz CT molecular complexity index is 949. The lowest BCUT2D eigenvalue weighted by atomic mass is 9.90. The van der Waals surface area contributed by atoms with Gasteiger partial charge in [0.15, 0.2) is 0 Å². The number of benzene rings is 1. The van der Waals surface area contributed by atoms with Crippen LogP contribution in [0.3, 0.4) is 0 Å². The van der Waals surface area contributed by atoms with Crippen molar-refractivity contribution in [1.29, 1.82) is 0 Å². The summed E-state index contributed by atoms with van der Waals surface area (Å²) in [7, 11) is 0. The highest BCUT2D eigenvalue weighted by Crippen LogP contribution is 2.33. The van der Waals surface area contributed by atoms with Gasteiger partial charge in [-0.15, -0.1) is 0 Å². The first-order valence-electron chi connectivity index (χ1n) is 13.9. The molecule has 3 amide bonds. The molecule has 7 heteroatoms. The molecule has 7 nitrogen and oxygen atoms in total.